The van der Waals surface area contributed by atoms with Gasteiger partial charge in [0.05, 0.1) is 18.4 Å². The van der Waals surface area contributed by atoms with E-state index >= 15 is 0 Å². The van der Waals surface area contributed by atoms with Crippen LogP contribution in [0.2, 0.25) is 0 Å². The Bertz CT molecular complexity index is 594. The maximum atomic E-state index is 11.7. The highest BCUT2D eigenvalue weighted by molar-refractivity contribution is 5.97. The number of nitrogen functional groups attached to an aromatic ring is 2. The summed E-state index contributed by atoms with van der Waals surface area (Å²) in [6.45, 7) is 0. The van der Waals surface area contributed by atoms with Crippen molar-refractivity contribution in [2.75, 3.05) is 23.9 Å². The molecule has 0 aliphatic heterocycles. The Morgan fingerprint density at radius 2 is 1.68 bits per heavy atom. The van der Waals surface area contributed by atoms with Crippen LogP contribution in [0.5, 0.6) is 0 Å². The lowest BCUT2D eigenvalue weighted by Crippen LogP contribution is -2.06. The van der Waals surface area contributed by atoms with Gasteiger partial charge < -0.3 is 21.5 Å². The van der Waals surface area contributed by atoms with Gasteiger partial charge in [-0.3, -0.25) is 0 Å². The lowest BCUT2D eigenvalue weighted by Gasteiger charge is -2.11. The normalized spacial score (nSPS) is 9.95. The van der Waals surface area contributed by atoms with Crippen molar-refractivity contribution in [3.05, 3.63) is 48.0 Å². The number of hydrogen-bond donors (Lipinski definition) is 3. The Morgan fingerprint density at radius 3 is 2.32 bits per heavy atom. The number of methoxy groups -OCH3 is 1. The minimum Gasteiger partial charge on any atom is -0.465 e. The van der Waals surface area contributed by atoms with Crippen LogP contribution < -0.4 is 16.8 Å². The highest BCUT2D eigenvalue weighted by Crippen LogP contribution is 2.24. The van der Waals surface area contributed by atoms with Gasteiger partial charge in [-0.25, -0.2) is 4.79 Å². The third-order valence-corrected chi connectivity index (χ3v) is 2.64. The van der Waals surface area contributed by atoms with Gasteiger partial charge in [-0.2, -0.15) is 0 Å². The molecule has 5 heteroatoms. The van der Waals surface area contributed by atoms with Crippen LogP contribution in [-0.2, 0) is 4.74 Å². The van der Waals surface area contributed by atoms with Crippen molar-refractivity contribution in [2.45, 2.75) is 0 Å². The second-order valence-electron chi connectivity index (χ2n) is 4.04. The number of hydrogen-bond acceptors (Lipinski definition) is 5. The van der Waals surface area contributed by atoms with E-state index in [1.807, 2.05) is 12.1 Å². The van der Waals surface area contributed by atoms with Crippen LogP contribution in [-0.4, -0.2) is 13.1 Å². The molecule has 0 heterocycles. The maximum absolute atomic E-state index is 11.7. The summed E-state index contributed by atoms with van der Waals surface area (Å²) in [5, 5.41) is 3.13. The number of nitrogens with two attached hydrogens (primary N) is 2. The topological polar surface area (TPSA) is 90.4 Å². The van der Waals surface area contributed by atoms with Crippen LogP contribution >= 0.6 is 0 Å². The Morgan fingerprint density at radius 1 is 1.05 bits per heavy atom. The van der Waals surface area contributed by atoms with Gasteiger partial charge in [0.15, 0.2) is 0 Å². The van der Waals surface area contributed by atoms with Crippen LogP contribution in [0.15, 0.2) is 42.5 Å². The van der Waals surface area contributed by atoms with Gasteiger partial charge in [0.2, 0.25) is 0 Å². The zero-order valence-corrected chi connectivity index (χ0v) is 10.5. The highest BCUT2D eigenvalue weighted by atomic mass is 16.5. The van der Waals surface area contributed by atoms with Crippen molar-refractivity contribution in [3.8, 4) is 0 Å². The Hall–Kier alpha value is -2.69. The number of carbonyl (C=O) groups is 1. The molecule has 0 spiro atoms. The monoisotopic (exact) mass is 257 g/mol. The molecule has 0 unspecified atom stereocenters. The average molecular weight is 257 g/mol. The van der Waals surface area contributed by atoms with Crippen molar-refractivity contribution in [2.24, 2.45) is 0 Å². The van der Waals surface area contributed by atoms with Crippen molar-refractivity contribution < 1.29 is 9.53 Å². The second kappa shape index (κ2) is 5.30. The summed E-state index contributed by atoms with van der Waals surface area (Å²) in [6.07, 6.45) is 0. The number of carbonyl (C=O) groups excluding carboxylic acids is 1. The van der Waals surface area contributed by atoms with Gasteiger partial charge in [0.25, 0.3) is 0 Å². The molecule has 0 amide bonds. The van der Waals surface area contributed by atoms with E-state index in [0.29, 0.717) is 22.6 Å². The Balaban J connectivity index is 2.34. The van der Waals surface area contributed by atoms with E-state index in [9.17, 15) is 4.79 Å². The van der Waals surface area contributed by atoms with Gasteiger partial charge >= 0.3 is 5.97 Å². The maximum Gasteiger partial charge on any atom is 0.340 e. The Kier molecular flexibility index (Phi) is 3.56. The minimum atomic E-state index is -0.440. The standard InChI is InChI=1S/C14H15N3O2/c1-19-14(18)12-8-10(16)4-7-13(12)17-11-5-2-9(15)3-6-11/h2-8,17H,15-16H2,1H3. The van der Waals surface area contributed by atoms with Crippen molar-refractivity contribution in [1.82, 2.24) is 0 Å². The molecular formula is C14H15N3O2. The number of ether oxygens (including phenoxy) is 1. The summed E-state index contributed by atoms with van der Waals surface area (Å²) < 4.78 is 4.73. The first kappa shape index (κ1) is 12.8. The molecule has 0 fully saturated rings. The van der Waals surface area contributed by atoms with E-state index in [-0.39, 0.29) is 0 Å². The fourth-order valence-corrected chi connectivity index (χ4v) is 1.67. The van der Waals surface area contributed by atoms with Gasteiger partial charge in [0.1, 0.15) is 0 Å². The SMILES string of the molecule is COC(=O)c1cc(N)ccc1Nc1ccc(N)cc1. The predicted molar refractivity (Wildman–Crippen MR) is 76.3 cm³/mol. The first-order valence-electron chi connectivity index (χ1n) is 5.70. The lowest BCUT2D eigenvalue weighted by molar-refractivity contribution is 0.0602. The average Bonchev–Trinajstić information content (AvgIpc) is 2.42. The second-order valence-corrected chi connectivity index (χ2v) is 4.04. The molecule has 19 heavy (non-hydrogen) atoms. The molecule has 5 nitrogen and oxygen atoms in total. The number of anilines is 4. The molecule has 5 N–H and O–H groups in total. The molecule has 2 aromatic carbocycles. The van der Waals surface area contributed by atoms with E-state index in [1.165, 1.54) is 7.11 Å². The fourth-order valence-electron chi connectivity index (χ4n) is 1.67. The van der Waals surface area contributed by atoms with Gasteiger partial charge in [-0.05, 0) is 42.5 Å². The smallest absolute Gasteiger partial charge is 0.340 e. The molecule has 2 rings (SSSR count). The van der Waals surface area contributed by atoms with E-state index in [1.54, 1.807) is 30.3 Å². The molecule has 0 aliphatic rings. The molecule has 0 bridgehead atoms. The first-order valence-corrected chi connectivity index (χ1v) is 5.70. The molecule has 0 atom stereocenters. The fraction of sp³-hybridized carbons (Fsp3) is 0.0714. The lowest BCUT2D eigenvalue weighted by atomic mass is 10.1. The zero-order chi connectivity index (χ0) is 13.8. The van der Waals surface area contributed by atoms with Crippen LogP contribution in [0.1, 0.15) is 10.4 Å². The van der Waals surface area contributed by atoms with Crippen LogP contribution in [0.25, 0.3) is 0 Å². The van der Waals surface area contributed by atoms with Crippen molar-refractivity contribution in [3.63, 3.8) is 0 Å². The molecule has 0 saturated carbocycles. The molecule has 0 aromatic heterocycles. The Labute approximate surface area is 111 Å². The predicted octanol–water partition coefficient (Wildman–Crippen LogP) is 2.38. The summed E-state index contributed by atoms with van der Waals surface area (Å²) in [4.78, 5) is 11.7. The highest BCUT2D eigenvalue weighted by Gasteiger charge is 2.12. The van der Waals surface area contributed by atoms with E-state index in [2.05, 4.69) is 5.32 Å². The first-order chi connectivity index (χ1) is 9.10. The minimum absolute atomic E-state index is 0.388. The van der Waals surface area contributed by atoms with E-state index in [0.717, 1.165) is 5.69 Å². The molecule has 0 saturated heterocycles. The van der Waals surface area contributed by atoms with E-state index < -0.39 is 5.97 Å². The summed E-state index contributed by atoms with van der Waals surface area (Å²) in [5.74, 6) is -0.440. The summed E-state index contributed by atoms with van der Waals surface area (Å²) in [6, 6.07) is 12.2. The molecule has 0 radical (unpaired) electrons. The van der Waals surface area contributed by atoms with Crippen LogP contribution in [0.4, 0.5) is 22.7 Å². The van der Waals surface area contributed by atoms with Gasteiger partial charge in [0, 0.05) is 17.1 Å². The van der Waals surface area contributed by atoms with E-state index in [4.69, 9.17) is 16.2 Å². The largest absolute Gasteiger partial charge is 0.465 e. The number of rotatable bonds is 3. The third kappa shape index (κ3) is 2.95. The summed E-state index contributed by atoms with van der Waals surface area (Å²) in [5.41, 5.74) is 14.3. The van der Waals surface area contributed by atoms with Crippen molar-refractivity contribution >= 4 is 28.7 Å². The van der Waals surface area contributed by atoms with Crippen LogP contribution in [0, 0.1) is 0 Å². The van der Waals surface area contributed by atoms with Crippen LogP contribution in [0.3, 0.4) is 0 Å². The molecule has 0 aliphatic carbocycles. The van der Waals surface area contributed by atoms with Gasteiger partial charge in [-0.1, -0.05) is 0 Å². The van der Waals surface area contributed by atoms with Gasteiger partial charge in [-0.15, -0.1) is 0 Å². The molecular weight excluding hydrogens is 242 g/mol. The molecule has 98 valence electrons. The number of nitrogens with one attached hydrogen (secondary N) is 1. The number of benzene rings is 2. The summed E-state index contributed by atoms with van der Waals surface area (Å²) in [7, 11) is 1.33. The number of esters is 1. The quantitative estimate of drug-likeness (QED) is 0.580. The van der Waals surface area contributed by atoms with Crippen molar-refractivity contribution in [1.29, 1.82) is 0 Å². The summed E-state index contributed by atoms with van der Waals surface area (Å²) >= 11 is 0. The third-order valence-electron chi connectivity index (χ3n) is 2.64. The molecule has 2 aromatic rings. The zero-order valence-electron chi connectivity index (χ0n) is 10.5.